The number of piperidine rings is 1. The molecule has 3 aliphatic rings. The summed E-state index contributed by atoms with van der Waals surface area (Å²) in [5, 5.41) is 18.9. The molecule has 1 aromatic heterocycles. The van der Waals surface area contributed by atoms with Crippen LogP contribution in [0.2, 0.25) is 0 Å². The van der Waals surface area contributed by atoms with Gasteiger partial charge in [0.1, 0.15) is 12.2 Å². The topological polar surface area (TPSA) is 74.5 Å². The highest BCUT2D eigenvalue weighted by Gasteiger charge is 2.47. The lowest BCUT2D eigenvalue weighted by atomic mass is 9.60. The molecule has 2 saturated carbocycles. The predicted octanol–water partition coefficient (Wildman–Crippen LogP) is 5.37. The van der Waals surface area contributed by atoms with Gasteiger partial charge in [-0.15, -0.1) is 10.2 Å². The SMILES string of the molecule is C=C(/C=C(\C=CN(C=O)C1CCCC([C@H](c2nncn2C)C2CC(C)(O)C2)C1)C(F)(F)F)CN1CCC[C@H](C)C1. The molecule has 3 fully saturated rings. The summed E-state index contributed by atoms with van der Waals surface area (Å²) in [7, 11) is 1.91. The zero-order valence-electron chi connectivity index (χ0n) is 24.0. The third kappa shape index (κ3) is 7.63. The number of alkyl halides is 3. The first-order chi connectivity index (χ1) is 18.9. The molecule has 2 unspecified atom stereocenters. The fourth-order valence-corrected chi connectivity index (χ4v) is 7.14. The molecule has 222 valence electrons. The molecule has 2 aliphatic carbocycles. The van der Waals surface area contributed by atoms with Gasteiger partial charge in [-0.05, 0) is 93.9 Å². The van der Waals surface area contributed by atoms with Crippen molar-refractivity contribution in [1.29, 1.82) is 0 Å². The Hall–Kier alpha value is -2.46. The van der Waals surface area contributed by atoms with Crippen LogP contribution in [-0.2, 0) is 11.8 Å². The van der Waals surface area contributed by atoms with Crippen molar-refractivity contribution >= 4 is 6.41 Å². The van der Waals surface area contributed by atoms with E-state index in [1.165, 1.54) is 11.1 Å². The van der Waals surface area contributed by atoms with Crippen molar-refractivity contribution in [2.45, 2.75) is 89.0 Å². The number of aromatic nitrogens is 3. The molecule has 1 aromatic rings. The Bertz CT molecular complexity index is 1090. The normalized spacial score (nSPS) is 31.1. The van der Waals surface area contributed by atoms with Gasteiger partial charge in [-0.2, -0.15) is 13.2 Å². The van der Waals surface area contributed by atoms with E-state index >= 15 is 0 Å². The van der Waals surface area contributed by atoms with Gasteiger partial charge in [0.05, 0.1) is 11.2 Å². The second-order valence-corrected chi connectivity index (χ2v) is 12.7. The van der Waals surface area contributed by atoms with Crippen molar-refractivity contribution in [3.8, 4) is 0 Å². The molecule has 7 nitrogen and oxygen atoms in total. The van der Waals surface area contributed by atoms with E-state index in [1.807, 2.05) is 18.5 Å². The highest BCUT2D eigenvalue weighted by molar-refractivity contribution is 5.50. The predicted molar refractivity (Wildman–Crippen MR) is 148 cm³/mol. The van der Waals surface area contributed by atoms with Gasteiger partial charge < -0.3 is 14.6 Å². The maximum Gasteiger partial charge on any atom is 0.416 e. The van der Waals surface area contributed by atoms with E-state index in [1.54, 1.807) is 6.33 Å². The third-order valence-electron chi connectivity index (χ3n) is 8.98. The Morgan fingerprint density at radius 1 is 1.27 bits per heavy atom. The molecule has 0 bridgehead atoms. The summed E-state index contributed by atoms with van der Waals surface area (Å²) in [5.74, 6) is 1.89. The number of amides is 1. The fourth-order valence-electron chi connectivity index (χ4n) is 7.14. The Morgan fingerprint density at radius 2 is 2.02 bits per heavy atom. The van der Waals surface area contributed by atoms with Crippen LogP contribution in [0.5, 0.6) is 0 Å². The number of aryl methyl sites for hydroxylation is 1. The van der Waals surface area contributed by atoms with Gasteiger partial charge in [-0.3, -0.25) is 9.69 Å². The van der Waals surface area contributed by atoms with Gasteiger partial charge in [-0.1, -0.05) is 19.9 Å². The van der Waals surface area contributed by atoms with Crippen LogP contribution in [0.15, 0.2) is 42.4 Å². The summed E-state index contributed by atoms with van der Waals surface area (Å²) in [6.45, 7) is 10.0. The fraction of sp³-hybridized carbons (Fsp3) is 0.700. The van der Waals surface area contributed by atoms with Crippen molar-refractivity contribution < 1.29 is 23.1 Å². The van der Waals surface area contributed by atoms with Crippen LogP contribution in [0, 0.1) is 17.8 Å². The van der Waals surface area contributed by atoms with Gasteiger partial charge in [0.2, 0.25) is 6.41 Å². The highest BCUT2D eigenvalue weighted by Crippen LogP contribution is 2.51. The number of nitrogens with zero attached hydrogens (tertiary/aromatic N) is 5. The molecule has 4 rings (SSSR count). The molecule has 2 heterocycles. The lowest BCUT2D eigenvalue weighted by Crippen LogP contribution is -2.47. The minimum absolute atomic E-state index is 0.0690. The molecular weight excluding hydrogens is 519 g/mol. The Balaban J connectivity index is 1.47. The lowest BCUT2D eigenvalue weighted by Gasteiger charge is -2.48. The van der Waals surface area contributed by atoms with Crippen LogP contribution in [-0.4, -0.2) is 73.5 Å². The maximum absolute atomic E-state index is 14.0. The minimum atomic E-state index is -4.56. The van der Waals surface area contributed by atoms with Crippen LogP contribution in [0.25, 0.3) is 0 Å². The van der Waals surface area contributed by atoms with Gasteiger partial charge in [0.15, 0.2) is 0 Å². The molecular formula is C30H44F3N5O2. The van der Waals surface area contributed by atoms with Crippen LogP contribution < -0.4 is 0 Å². The summed E-state index contributed by atoms with van der Waals surface area (Å²) in [4.78, 5) is 15.7. The molecule has 40 heavy (non-hydrogen) atoms. The van der Waals surface area contributed by atoms with Crippen LogP contribution >= 0.6 is 0 Å². The molecule has 1 amide bonds. The number of hydrogen-bond donors (Lipinski definition) is 1. The molecule has 0 aromatic carbocycles. The van der Waals surface area contributed by atoms with Crippen molar-refractivity contribution in [2.24, 2.45) is 24.8 Å². The number of carbonyl (C=O) groups is 1. The van der Waals surface area contributed by atoms with Gasteiger partial charge >= 0.3 is 6.18 Å². The number of carbonyl (C=O) groups excluding carboxylic acids is 1. The van der Waals surface area contributed by atoms with E-state index in [-0.39, 0.29) is 23.8 Å². The molecule has 4 atom stereocenters. The monoisotopic (exact) mass is 563 g/mol. The van der Waals surface area contributed by atoms with E-state index in [9.17, 15) is 23.1 Å². The first kappa shape index (κ1) is 30.5. The van der Waals surface area contributed by atoms with Crippen LogP contribution in [0.1, 0.15) is 77.0 Å². The molecule has 1 aliphatic heterocycles. The summed E-state index contributed by atoms with van der Waals surface area (Å²) in [5.41, 5.74) is -1.09. The molecule has 1 saturated heterocycles. The van der Waals surface area contributed by atoms with Crippen molar-refractivity contribution in [3.05, 3.63) is 48.2 Å². The molecule has 0 radical (unpaired) electrons. The first-order valence-corrected chi connectivity index (χ1v) is 14.5. The average Bonchev–Trinajstić information content (AvgIpc) is 3.27. The average molecular weight is 564 g/mol. The number of rotatable bonds is 10. The summed E-state index contributed by atoms with van der Waals surface area (Å²) in [6, 6.07) is -0.212. The quantitative estimate of drug-likeness (QED) is 0.306. The standard InChI is InChI=1S/C30H44F3N5O2/c1-21-7-6-11-37(17-21)18-22(2)13-25(30(31,32)33)10-12-38(20-39)26-9-5-8-23(14-26)27(24-15-29(3,40)16-24)28-35-34-19-36(28)4/h10,12-13,19-21,23-24,26-27,40H,2,5-9,11,14-18H2,1,3-4H3/b12-10?,25-13+/t21-,23?,24?,26?,27-,29?/m0/s1. The minimum Gasteiger partial charge on any atom is -0.390 e. The number of hydrogen-bond acceptors (Lipinski definition) is 5. The molecule has 0 spiro atoms. The zero-order chi connectivity index (χ0) is 29.1. The smallest absolute Gasteiger partial charge is 0.390 e. The zero-order valence-corrected chi connectivity index (χ0v) is 24.0. The second-order valence-electron chi connectivity index (χ2n) is 12.7. The van der Waals surface area contributed by atoms with E-state index in [0.29, 0.717) is 43.7 Å². The summed E-state index contributed by atoms with van der Waals surface area (Å²) < 4.78 is 43.8. The lowest BCUT2D eigenvalue weighted by molar-refractivity contribution is -0.118. The van der Waals surface area contributed by atoms with Crippen molar-refractivity contribution in [3.63, 3.8) is 0 Å². The van der Waals surface area contributed by atoms with Gasteiger partial charge in [-0.25, -0.2) is 0 Å². The third-order valence-corrected chi connectivity index (χ3v) is 8.98. The first-order valence-electron chi connectivity index (χ1n) is 14.5. The maximum atomic E-state index is 14.0. The van der Waals surface area contributed by atoms with Crippen LogP contribution in [0.4, 0.5) is 13.2 Å². The summed E-state index contributed by atoms with van der Waals surface area (Å²) in [6.07, 6.45) is 7.82. The number of halogens is 3. The van der Waals surface area contributed by atoms with Crippen LogP contribution in [0.3, 0.4) is 0 Å². The Kier molecular flexibility index (Phi) is 9.60. The Morgan fingerprint density at radius 3 is 2.62 bits per heavy atom. The second kappa shape index (κ2) is 12.6. The van der Waals surface area contributed by atoms with Gasteiger partial charge in [0, 0.05) is 38.3 Å². The van der Waals surface area contributed by atoms with E-state index in [0.717, 1.165) is 63.2 Å². The molecule has 10 heteroatoms. The van der Waals surface area contributed by atoms with Crippen molar-refractivity contribution in [1.82, 2.24) is 24.6 Å². The molecule has 1 N–H and O–H groups in total. The van der Waals surface area contributed by atoms with E-state index in [4.69, 9.17) is 0 Å². The van der Waals surface area contributed by atoms with E-state index in [2.05, 4.69) is 28.6 Å². The van der Waals surface area contributed by atoms with Gasteiger partial charge in [0.25, 0.3) is 0 Å². The number of likely N-dealkylation sites (tertiary alicyclic amines) is 1. The van der Waals surface area contributed by atoms with E-state index < -0.39 is 17.4 Å². The Labute approximate surface area is 235 Å². The van der Waals surface area contributed by atoms with Crippen molar-refractivity contribution in [2.75, 3.05) is 19.6 Å². The number of allylic oxidation sites excluding steroid dienone is 2. The highest BCUT2D eigenvalue weighted by atomic mass is 19.4. The number of aliphatic hydroxyl groups is 1. The summed E-state index contributed by atoms with van der Waals surface area (Å²) >= 11 is 0. The largest absolute Gasteiger partial charge is 0.416 e.